The zero-order valence-corrected chi connectivity index (χ0v) is 7.65. The maximum absolute atomic E-state index is 8.69. The summed E-state index contributed by atoms with van der Waals surface area (Å²) in [6.45, 7) is 0.0102. The van der Waals surface area contributed by atoms with E-state index in [0.29, 0.717) is 24.0 Å². The molecule has 1 heterocycles. The Kier molecular flexibility index (Phi) is 3.45. The van der Waals surface area contributed by atoms with Crippen LogP contribution in [0.1, 0.15) is 5.82 Å². The number of rotatable bonds is 4. The lowest BCUT2D eigenvalue weighted by Crippen LogP contribution is -2.02. The number of aliphatic hydroxyl groups is 1. The predicted octanol–water partition coefficient (Wildman–Crippen LogP) is 0.0286. The number of nitrogens with zero attached hydrogens (tertiary/aromatic N) is 2. The average Bonchev–Trinajstić information content (AvgIpc) is 2.17. The van der Waals surface area contributed by atoms with Crippen LogP contribution in [0.25, 0.3) is 0 Å². The minimum absolute atomic E-state index is 0.0102. The molecule has 1 N–H and O–H groups in total. The quantitative estimate of drug-likeness (QED) is 0.715. The van der Waals surface area contributed by atoms with Crippen LogP contribution in [0.5, 0.6) is 11.8 Å². The highest BCUT2D eigenvalue weighted by Crippen LogP contribution is 2.14. The van der Waals surface area contributed by atoms with Gasteiger partial charge in [0.05, 0.1) is 26.9 Å². The Bertz CT molecular complexity index is 256. The van der Waals surface area contributed by atoms with E-state index < -0.39 is 0 Å². The molecule has 0 aromatic carbocycles. The van der Waals surface area contributed by atoms with E-state index in [4.69, 9.17) is 14.6 Å². The average molecular weight is 184 g/mol. The third kappa shape index (κ3) is 2.55. The molecule has 0 aliphatic carbocycles. The van der Waals surface area contributed by atoms with E-state index in [9.17, 15) is 0 Å². The van der Waals surface area contributed by atoms with Crippen molar-refractivity contribution in [3.63, 3.8) is 0 Å². The van der Waals surface area contributed by atoms with Crippen molar-refractivity contribution >= 4 is 0 Å². The molecule has 5 heteroatoms. The molecule has 0 fully saturated rings. The lowest BCUT2D eigenvalue weighted by atomic mass is 10.4. The van der Waals surface area contributed by atoms with Gasteiger partial charge in [-0.25, -0.2) is 0 Å². The van der Waals surface area contributed by atoms with Crippen molar-refractivity contribution in [2.24, 2.45) is 0 Å². The summed E-state index contributed by atoms with van der Waals surface area (Å²) in [6.07, 6.45) is 0.396. The molecule has 0 aliphatic rings. The molecule has 0 amide bonds. The summed E-state index contributed by atoms with van der Waals surface area (Å²) in [4.78, 5) is 8.03. The highest BCUT2D eigenvalue weighted by atomic mass is 16.5. The van der Waals surface area contributed by atoms with E-state index in [1.54, 1.807) is 6.07 Å². The first-order valence-electron chi connectivity index (χ1n) is 3.87. The van der Waals surface area contributed by atoms with Gasteiger partial charge in [0.15, 0.2) is 0 Å². The molecule has 1 aromatic heterocycles. The second-order valence-electron chi connectivity index (χ2n) is 2.34. The van der Waals surface area contributed by atoms with E-state index in [2.05, 4.69) is 9.97 Å². The highest BCUT2D eigenvalue weighted by molar-refractivity contribution is 5.20. The van der Waals surface area contributed by atoms with Gasteiger partial charge in [-0.1, -0.05) is 0 Å². The van der Waals surface area contributed by atoms with E-state index in [0.717, 1.165) is 0 Å². The molecule has 0 saturated heterocycles. The molecular formula is C8H12N2O3. The molecule has 1 aromatic rings. The normalized spacial score (nSPS) is 9.77. The summed E-state index contributed by atoms with van der Waals surface area (Å²) >= 11 is 0. The lowest BCUT2D eigenvalue weighted by molar-refractivity contribution is 0.294. The van der Waals surface area contributed by atoms with Crippen LogP contribution in [0.15, 0.2) is 6.07 Å². The number of hydrogen-bond acceptors (Lipinski definition) is 5. The fraction of sp³-hybridized carbons (Fsp3) is 0.500. The van der Waals surface area contributed by atoms with Gasteiger partial charge in [0.1, 0.15) is 5.82 Å². The van der Waals surface area contributed by atoms with Gasteiger partial charge in [0.25, 0.3) is 0 Å². The molecule has 0 spiro atoms. The Morgan fingerprint density at radius 3 is 2.15 bits per heavy atom. The molecule has 0 radical (unpaired) electrons. The fourth-order valence-corrected chi connectivity index (χ4v) is 0.871. The van der Waals surface area contributed by atoms with Gasteiger partial charge in [0.2, 0.25) is 11.8 Å². The molecule has 0 atom stereocenters. The smallest absolute Gasteiger partial charge is 0.220 e. The fourth-order valence-electron chi connectivity index (χ4n) is 0.871. The molecule has 0 aliphatic heterocycles. The van der Waals surface area contributed by atoms with E-state index in [-0.39, 0.29) is 6.61 Å². The van der Waals surface area contributed by atoms with Crippen LogP contribution in [0.3, 0.4) is 0 Å². The largest absolute Gasteiger partial charge is 0.481 e. The lowest BCUT2D eigenvalue weighted by Gasteiger charge is -2.04. The summed E-state index contributed by atoms with van der Waals surface area (Å²) in [6, 6.07) is 1.58. The van der Waals surface area contributed by atoms with Crippen LogP contribution in [0.2, 0.25) is 0 Å². The first kappa shape index (κ1) is 9.73. The second kappa shape index (κ2) is 4.61. The minimum Gasteiger partial charge on any atom is -0.481 e. The van der Waals surface area contributed by atoms with E-state index in [1.165, 1.54) is 14.2 Å². The molecule has 0 saturated carbocycles. The molecule has 5 nitrogen and oxygen atoms in total. The molecule has 0 unspecified atom stereocenters. The van der Waals surface area contributed by atoms with Crippen LogP contribution in [0, 0.1) is 0 Å². The summed E-state index contributed by atoms with van der Waals surface area (Å²) in [7, 11) is 3.04. The van der Waals surface area contributed by atoms with E-state index >= 15 is 0 Å². The third-order valence-corrected chi connectivity index (χ3v) is 1.48. The molecule has 72 valence electrons. The molecule has 13 heavy (non-hydrogen) atoms. The van der Waals surface area contributed by atoms with Gasteiger partial charge in [-0.2, -0.15) is 9.97 Å². The Balaban J connectivity index is 2.93. The van der Waals surface area contributed by atoms with Gasteiger partial charge in [-0.05, 0) is 0 Å². The Morgan fingerprint density at radius 2 is 1.77 bits per heavy atom. The Labute approximate surface area is 76.4 Å². The number of aromatic nitrogens is 2. The monoisotopic (exact) mass is 184 g/mol. The van der Waals surface area contributed by atoms with Crippen molar-refractivity contribution in [3.8, 4) is 11.8 Å². The van der Waals surface area contributed by atoms with Crippen LogP contribution >= 0.6 is 0 Å². The number of ether oxygens (including phenoxy) is 2. The van der Waals surface area contributed by atoms with Crippen molar-refractivity contribution in [2.45, 2.75) is 6.42 Å². The summed E-state index contributed by atoms with van der Waals surface area (Å²) in [5.41, 5.74) is 0. The second-order valence-corrected chi connectivity index (χ2v) is 2.34. The highest BCUT2D eigenvalue weighted by Gasteiger charge is 2.03. The zero-order chi connectivity index (χ0) is 9.68. The third-order valence-electron chi connectivity index (χ3n) is 1.48. The Hall–Kier alpha value is -1.36. The number of hydrogen-bond donors (Lipinski definition) is 1. The maximum Gasteiger partial charge on any atom is 0.220 e. The SMILES string of the molecule is COc1cc(OC)nc(CCO)n1. The number of methoxy groups -OCH3 is 2. The standard InChI is InChI=1S/C8H12N2O3/c1-12-7-5-8(13-2)10-6(9-7)3-4-11/h5,11H,3-4H2,1-2H3. The van der Waals surface area contributed by atoms with Crippen LogP contribution in [-0.2, 0) is 6.42 Å². The maximum atomic E-state index is 8.69. The van der Waals surface area contributed by atoms with Gasteiger partial charge < -0.3 is 14.6 Å². The molecule has 0 bridgehead atoms. The number of aliphatic hydroxyl groups excluding tert-OH is 1. The summed E-state index contributed by atoms with van der Waals surface area (Å²) in [5, 5.41) is 8.69. The van der Waals surface area contributed by atoms with E-state index in [1.807, 2.05) is 0 Å². The van der Waals surface area contributed by atoms with Gasteiger partial charge in [-0.15, -0.1) is 0 Å². The van der Waals surface area contributed by atoms with Gasteiger partial charge >= 0.3 is 0 Å². The van der Waals surface area contributed by atoms with Crippen molar-refractivity contribution in [3.05, 3.63) is 11.9 Å². The zero-order valence-electron chi connectivity index (χ0n) is 7.65. The first-order valence-corrected chi connectivity index (χ1v) is 3.87. The van der Waals surface area contributed by atoms with Crippen molar-refractivity contribution < 1.29 is 14.6 Å². The van der Waals surface area contributed by atoms with Crippen molar-refractivity contribution in [1.82, 2.24) is 9.97 Å². The van der Waals surface area contributed by atoms with Crippen LogP contribution in [-0.4, -0.2) is 35.9 Å². The minimum atomic E-state index is 0.0102. The first-order chi connectivity index (χ1) is 6.30. The molecule has 1 rings (SSSR count). The van der Waals surface area contributed by atoms with Crippen LogP contribution < -0.4 is 9.47 Å². The topological polar surface area (TPSA) is 64.5 Å². The van der Waals surface area contributed by atoms with Crippen molar-refractivity contribution in [1.29, 1.82) is 0 Å². The Morgan fingerprint density at radius 1 is 1.23 bits per heavy atom. The van der Waals surface area contributed by atoms with Gasteiger partial charge in [0, 0.05) is 6.42 Å². The van der Waals surface area contributed by atoms with Crippen molar-refractivity contribution in [2.75, 3.05) is 20.8 Å². The van der Waals surface area contributed by atoms with Crippen LogP contribution in [0.4, 0.5) is 0 Å². The van der Waals surface area contributed by atoms with Gasteiger partial charge in [-0.3, -0.25) is 0 Å². The molecular weight excluding hydrogens is 172 g/mol. The summed E-state index contributed by atoms with van der Waals surface area (Å²) in [5.74, 6) is 1.39. The summed E-state index contributed by atoms with van der Waals surface area (Å²) < 4.78 is 9.86. The predicted molar refractivity (Wildman–Crippen MR) is 45.9 cm³/mol.